The highest BCUT2D eigenvalue weighted by atomic mass is 16.4. The molecule has 0 spiro atoms. The summed E-state index contributed by atoms with van der Waals surface area (Å²) in [6.45, 7) is 6.05. The molecule has 0 atom stereocenters. The first-order valence-electron chi connectivity index (χ1n) is 7.89. The number of hydrogen-bond acceptors (Lipinski definition) is 3. The van der Waals surface area contributed by atoms with Gasteiger partial charge in [-0.05, 0) is 36.9 Å². The number of carboxylic acid groups (broad SMARTS) is 1. The summed E-state index contributed by atoms with van der Waals surface area (Å²) < 4.78 is 0. The van der Waals surface area contributed by atoms with Crippen LogP contribution in [0.15, 0.2) is 24.3 Å². The molecule has 0 aliphatic heterocycles. The summed E-state index contributed by atoms with van der Waals surface area (Å²) >= 11 is 0. The number of benzene rings is 1. The molecule has 4 heteroatoms. The minimum atomic E-state index is -0.732. The van der Waals surface area contributed by atoms with E-state index in [-0.39, 0.29) is 6.54 Å². The molecule has 2 rings (SSSR count). The van der Waals surface area contributed by atoms with Crippen molar-refractivity contribution in [3.63, 3.8) is 0 Å². The van der Waals surface area contributed by atoms with Crippen molar-refractivity contribution in [1.29, 1.82) is 0 Å². The second-order valence-corrected chi connectivity index (χ2v) is 5.83. The SMILES string of the molecule is CCc1ccc(CNC2CC(N(CC)CC(=O)O)C2)cc1. The fourth-order valence-corrected chi connectivity index (χ4v) is 2.88. The lowest BCUT2D eigenvalue weighted by Gasteiger charge is -2.42. The maximum Gasteiger partial charge on any atom is 0.317 e. The van der Waals surface area contributed by atoms with Crippen molar-refractivity contribution in [2.75, 3.05) is 13.1 Å². The largest absolute Gasteiger partial charge is 0.480 e. The minimum Gasteiger partial charge on any atom is -0.480 e. The molecule has 4 nitrogen and oxygen atoms in total. The Hall–Kier alpha value is -1.39. The maximum atomic E-state index is 10.8. The molecule has 116 valence electrons. The number of hydrogen-bond donors (Lipinski definition) is 2. The molecule has 1 aromatic rings. The number of nitrogens with zero attached hydrogens (tertiary/aromatic N) is 1. The highest BCUT2D eigenvalue weighted by Crippen LogP contribution is 2.25. The van der Waals surface area contributed by atoms with Gasteiger partial charge in [0.2, 0.25) is 0 Å². The third kappa shape index (κ3) is 4.55. The third-order valence-corrected chi connectivity index (χ3v) is 4.40. The van der Waals surface area contributed by atoms with Gasteiger partial charge in [-0.3, -0.25) is 9.69 Å². The molecule has 0 aromatic heterocycles. The van der Waals surface area contributed by atoms with Crippen molar-refractivity contribution < 1.29 is 9.90 Å². The smallest absolute Gasteiger partial charge is 0.317 e. The van der Waals surface area contributed by atoms with E-state index in [1.807, 2.05) is 6.92 Å². The van der Waals surface area contributed by atoms with Crippen molar-refractivity contribution in [1.82, 2.24) is 10.2 Å². The Morgan fingerprint density at radius 3 is 2.38 bits per heavy atom. The molecule has 0 amide bonds. The number of carbonyl (C=O) groups is 1. The van der Waals surface area contributed by atoms with E-state index in [0.29, 0.717) is 12.1 Å². The lowest BCUT2D eigenvalue weighted by Crippen LogP contribution is -2.53. The van der Waals surface area contributed by atoms with Gasteiger partial charge in [-0.15, -0.1) is 0 Å². The van der Waals surface area contributed by atoms with Gasteiger partial charge in [-0.25, -0.2) is 0 Å². The van der Waals surface area contributed by atoms with E-state index in [1.54, 1.807) is 0 Å². The van der Waals surface area contributed by atoms with Gasteiger partial charge >= 0.3 is 5.97 Å². The number of aryl methyl sites for hydroxylation is 1. The molecule has 1 fully saturated rings. The monoisotopic (exact) mass is 290 g/mol. The van der Waals surface area contributed by atoms with Crippen LogP contribution in [-0.2, 0) is 17.8 Å². The Bertz CT molecular complexity index is 452. The van der Waals surface area contributed by atoms with Crippen LogP contribution in [0, 0.1) is 0 Å². The number of carboxylic acids is 1. The summed E-state index contributed by atoms with van der Waals surface area (Å²) in [5.74, 6) is -0.732. The Labute approximate surface area is 127 Å². The van der Waals surface area contributed by atoms with Crippen molar-refractivity contribution in [2.45, 2.75) is 51.7 Å². The molecule has 0 unspecified atom stereocenters. The zero-order valence-corrected chi connectivity index (χ0v) is 13.0. The molecule has 21 heavy (non-hydrogen) atoms. The van der Waals surface area contributed by atoms with Crippen LogP contribution in [0.3, 0.4) is 0 Å². The molecular weight excluding hydrogens is 264 g/mol. The zero-order chi connectivity index (χ0) is 15.2. The maximum absolute atomic E-state index is 10.8. The molecule has 0 radical (unpaired) electrons. The number of nitrogens with one attached hydrogen (secondary N) is 1. The Morgan fingerprint density at radius 1 is 1.24 bits per heavy atom. The van der Waals surface area contributed by atoms with E-state index in [0.717, 1.165) is 32.4 Å². The number of rotatable bonds is 8. The summed E-state index contributed by atoms with van der Waals surface area (Å²) in [5.41, 5.74) is 2.68. The zero-order valence-electron chi connectivity index (χ0n) is 13.0. The average molecular weight is 290 g/mol. The predicted octanol–water partition coefficient (Wildman–Crippen LogP) is 2.28. The minimum absolute atomic E-state index is 0.159. The van der Waals surface area contributed by atoms with Gasteiger partial charge in [-0.1, -0.05) is 38.1 Å². The second kappa shape index (κ2) is 7.57. The fraction of sp³-hybridized carbons (Fsp3) is 0.588. The van der Waals surface area contributed by atoms with E-state index >= 15 is 0 Å². The van der Waals surface area contributed by atoms with Gasteiger partial charge in [-0.2, -0.15) is 0 Å². The summed E-state index contributed by atoms with van der Waals surface area (Å²) in [6.07, 6.45) is 3.18. The topological polar surface area (TPSA) is 52.6 Å². The van der Waals surface area contributed by atoms with Crippen molar-refractivity contribution in [3.05, 3.63) is 35.4 Å². The van der Waals surface area contributed by atoms with Gasteiger partial charge in [0.15, 0.2) is 0 Å². The van der Waals surface area contributed by atoms with E-state index in [9.17, 15) is 4.79 Å². The standard InChI is InChI=1S/C17H26N2O2/c1-3-13-5-7-14(8-6-13)11-18-15-9-16(10-15)19(4-2)12-17(20)21/h5-8,15-16,18H,3-4,9-12H2,1-2H3,(H,20,21). The summed E-state index contributed by atoms with van der Waals surface area (Å²) in [6, 6.07) is 9.68. The highest BCUT2D eigenvalue weighted by Gasteiger charge is 2.33. The molecule has 1 aromatic carbocycles. The van der Waals surface area contributed by atoms with Crippen LogP contribution in [0.2, 0.25) is 0 Å². The summed E-state index contributed by atoms with van der Waals surface area (Å²) in [4.78, 5) is 12.9. The van der Waals surface area contributed by atoms with E-state index in [2.05, 4.69) is 41.4 Å². The highest BCUT2D eigenvalue weighted by molar-refractivity contribution is 5.69. The van der Waals surface area contributed by atoms with E-state index < -0.39 is 5.97 Å². The number of likely N-dealkylation sites (N-methyl/N-ethyl adjacent to an activating group) is 1. The van der Waals surface area contributed by atoms with E-state index in [1.165, 1.54) is 11.1 Å². The summed E-state index contributed by atoms with van der Waals surface area (Å²) in [7, 11) is 0. The molecule has 1 aliphatic rings. The van der Waals surface area contributed by atoms with Crippen LogP contribution in [-0.4, -0.2) is 41.1 Å². The van der Waals surface area contributed by atoms with Crippen LogP contribution >= 0.6 is 0 Å². The second-order valence-electron chi connectivity index (χ2n) is 5.83. The van der Waals surface area contributed by atoms with Crippen LogP contribution in [0.4, 0.5) is 0 Å². The van der Waals surface area contributed by atoms with Gasteiger partial charge in [0.25, 0.3) is 0 Å². The normalized spacial score (nSPS) is 21.3. The van der Waals surface area contributed by atoms with Crippen LogP contribution in [0.5, 0.6) is 0 Å². The lowest BCUT2D eigenvalue weighted by atomic mass is 9.85. The van der Waals surface area contributed by atoms with Gasteiger partial charge in [0.1, 0.15) is 0 Å². The molecular formula is C17H26N2O2. The van der Waals surface area contributed by atoms with Gasteiger partial charge in [0, 0.05) is 18.6 Å². The van der Waals surface area contributed by atoms with Crippen molar-refractivity contribution in [2.24, 2.45) is 0 Å². The third-order valence-electron chi connectivity index (χ3n) is 4.40. The van der Waals surface area contributed by atoms with Crippen molar-refractivity contribution in [3.8, 4) is 0 Å². The number of aliphatic carboxylic acids is 1. The summed E-state index contributed by atoms with van der Waals surface area (Å²) in [5, 5.41) is 12.4. The Kier molecular flexibility index (Phi) is 5.76. The quantitative estimate of drug-likeness (QED) is 0.771. The van der Waals surface area contributed by atoms with Crippen LogP contribution < -0.4 is 5.32 Å². The Morgan fingerprint density at radius 2 is 1.86 bits per heavy atom. The van der Waals surface area contributed by atoms with Crippen LogP contribution in [0.25, 0.3) is 0 Å². The van der Waals surface area contributed by atoms with Crippen LogP contribution in [0.1, 0.15) is 37.8 Å². The van der Waals surface area contributed by atoms with Gasteiger partial charge in [0.05, 0.1) is 6.54 Å². The first kappa shape index (κ1) is 16.0. The van der Waals surface area contributed by atoms with Gasteiger partial charge < -0.3 is 10.4 Å². The molecule has 2 N–H and O–H groups in total. The molecule has 1 saturated carbocycles. The Balaban J connectivity index is 1.71. The first-order valence-corrected chi connectivity index (χ1v) is 7.89. The molecule has 0 heterocycles. The molecule has 0 bridgehead atoms. The molecule has 0 saturated heterocycles. The lowest BCUT2D eigenvalue weighted by molar-refractivity contribution is -0.139. The first-order chi connectivity index (χ1) is 10.1. The van der Waals surface area contributed by atoms with Crippen molar-refractivity contribution >= 4 is 5.97 Å². The fourth-order valence-electron chi connectivity index (χ4n) is 2.88. The predicted molar refractivity (Wildman–Crippen MR) is 84.4 cm³/mol. The van der Waals surface area contributed by atoms with E-state index in [4.69, 9.17) is 5.11 Å². The molecule has 1 aliphatic carbocycles. The average Bonchev–Trinajstić information content (AvgIpc) is 2.44.